The topological polar surface area (TPSA) is 68.5 Å². The summed E-state index contributed by atoms with van der Waals surface area (Å²) in [6.07, 6.45) is 2.76. The van der Waals surface area contributed by atoms with Gasteiger partial charge in [-0.05, 0) is 18.2 Å². The largest absolute Gasteiger partial charge is 0.353 e. The number of benzene rings is 1. The van der Waals surface area contributed by atoms with Crippen molar-refractivity contribution in [3.05, 3.63) is 42.2 Å². The molecule has 3 aromatic rings. The molecule has 0 aliphatic rings. The van der Waals surface area contributed by atoms with Gasteiger partial charge in [-0.1, -0.05) is 12.1 Å². The van der Waals surface area contributed by atoms with Crippen molar-refractivity contribution >= 4 is 17.0 Å². The van der Waals surface area contributed by atoms with Crippen LogP contribution in [0.5, 0.6) is 0 Å². The molecule has 0 spiro atoms. The lowest BCUT2D eigenvalue weighted by Crippen LogP contribution is -2.09. The fraction of sp³-hybridized carbons (Fsp3) is 0.231. The number of nitrogens with zero attached hydrogens (tertiary/aromatic N) is 5. The number of nitrogens with one attached hydrogen (secondary N) is 1. The van der Waals surface area contributed by atoms with E-state index < -0.39 is 0 Å². The molecule has 0 saturated carbocycles. The van der Waals surface area contributed by atoms with Crippen LogP contribution in [-0.4, -0.2) is 31.5 Å². The first-order valence-electron chi connectivity index (χ1n) is 6.13. The van der Waals surface area contributed by atoms with Crippen LogP contribution in [0.2, 0.25) is 0 Å². The summed E-state index contributed by atoms with van der Waals surface area (Å²) in [4.78, 5) is 4.40. The van der Waals surface area contributed by atoms with Crippen LogP contribution in [0.15, 0.2) is 36.5 Å². The Morgan fingerprint density at radius 2 is 1.95 bits per heavy atom. The Morgan fingerprint density at radius 3 is 2.74 bits per heavy atom. The summed E-state index contributed by atoms with van der Waals surface area (Å²) in [5.74, 6) is 0.551. The molecular weight excluding hydrogens is 240 g/mol. The zero-order valence-electron chi connectivity index (χ0n) is 10.6. The molecule has 6 nitrogen and oxygen atoms in total. The molecule has 0 amide bonds. The van der Waals surface area contributed by atoms with Crippen molar-refractivity contribution in [2.75, 3.05) is 11.9 Å². The number of aryl methyl sites for hydroxylation is 1. The number of fused-ring (bicyclic) bond motifs is 1. The lowest BCUT2D eigenvalue weighted by Gasteiger charge is -2.03. The molecule has 0 fully saturated rings. The highest BCUT2D eigenvalue weighted by Gasteiger charge is 2.01. The molecular formula is C13H14N6. The standard InChI is InChI=1S/C13H14N6/c1-19-9-7-10(18-19)6-8-14-13-15-11-4-2-3-5-12(11)16-17-13/h2-5,7,9H,6,8H2,1H3,(H,14,15,17). The molecule has 6 heteroatoms. The maximum atomic E-state index is 4.40. The van der Waals surface area contributed by atoms with Crippen molar-refractivity contribution in [3.63, 3.8) is 0 Å². The van der Waals surface area contributed by atoms with Crippen LogP contribution in [0, 0.1) is 0 Å². The molecule has 0 bridgehead atoms. The zero-order valence-corrected chi connectivity index (χ0v) is 10.6. The molecule has 0 unspecified atom stereocenters. The Labute approximate surface area is 110 Å². The van der Waals surface area contributed by atoms with Crippen molar-refractivity contribution < 1.29 is 0 Å². The normalized spacial score (nSPS) is 10.8. The van der Waals surface area contributed by atoms with Crippen molar-refractivity contribution in [2.45, 2.75) is 6.42 Å². The van der Waals surface area contributed by atoms with Crippen LogP contribution in [0.4, 0.5) is 5.95 Å². The van der Waals surface area contributed by atoms with Gasteiger partial charge in [0.2, 0.25) is 5.95 Å². The van der Waals surface area contributed by atoms with E-state index in [4.69, 9.17) is 0 Å². The average molecular weight is 254 g/mol. The average Bonchev–Trinajstić information content (AvgIpc) is 2.84. The number of hydrogen-bond acceptors (Lipinski definition) is 5. The Balaban J connectivity index is 1.65. The van der Waals surface area contributed by atoms with Gasteiger partial charge in [0.05, 0.1) is 11.2 Å². The highest BCUT2D eigenvalue weighted by atomic mass is 15.3. The van der Waals surface area contributed by atoms with E-state index in [2.05, 4.69) is 25.6 Å². The van der Waals surface area contributed by atoms with Crippen LogP contribution in [0.3, 0.4) is 0 Å². The minimum atomic E-state index is 0.551. The van der Waals surface area contributed by atoms with E-state index in [1.807, 2.05) is 43.6 Å². The summed E-state index contributed by atoms with van der Waals surface area (Å²) in [6, 6.07) is 9.68. The number of anilines is 1. The molecule has 0 aliphatic heterocycles. The van der Waals surface area contributed by atoms with Gasteiger partial charge >= 0.3 is 0 Å². The Morgan fingerprint density at radius 1 is 1.11 bits per heavy atom. The summed E-state index contributed by atoms with van der Waals surface area (Å²) in [5, 5.41) is 15.6. The van der Waals surface area contributed by atoms with E-state index in [1.165, 1.54) is 0 Å². The van der Waals surface area contributed by atoms with Gasteiger partial charge in [0.1, 0.15) is 5.52 Å². The van der Waals surface area contributed by atoms with Crippen molar-refractivity contribution in [3.8, 4) is 0 Å². The molecule has 2 aromatic heterocycles. The van der Waals surface area contributed by atoms with E-state index in [9.17, 15) is 0 Å². The van der Waals surface area contributed by atoms with E-state index >= 15 is 0 Å². The quantitative estimate of drug-likeness (QED) is 0.762. The van der Waals surface area contributed by atoms with Crippen LogP contribution >= 0.6 is 0 Å². The van der Waals surface area contributed by atoms with Gasteiger partial charge < -0.3 is 5.32 Å². The number of rotatable bonds is 4. The highest BCUT2D eigenvalue weighted by molar-refractivity contribution is 5.73. The molecule has 1 aromatic carbocycles. The predicted octanol–water partition coefficient (Wildman–Crippen LogP) is 1.41. The second-order valence-electron chi connectivity index (χ2n) is 4.28. The molecule has 0 atom stereocenters. The summed E-state index contributed by atoms with van der Waals surface area (Å²) < 4.78 is 1.80. The third kappa shape index (κ3) is 2.67. The fourth-order valence-corrected chi connectivity index (χ4v) is 1.85. The first-order valence-corrected chi connectivity index (χ1v) is 6.13. The lowest BCUT2D eigenvalue weighted by atomic mass is 10.3. The second kappa shape index (κ2) is 5.01. The summed E-state index contributed by atoms with van der Waals surface area (Å²) in [5.41, 5.74) is 2.69. The molecule has 0 saturated heterocycles. The first kappa shape index (κ1) is 11.6. The lowest BCUT2D eigenvalue weighted by molar-refractivity contribution is 0.741. The van der Waals surface area contributed by atoms with Crippen molar-refractivity contribution in [1.29, 1.82) is 0 Å². The minimum absolute atomic E-state index is 0.551. The molecule has 2 heterocycles. The monoisotopic (exact) mass is 254 g/mol. The van der Waals surface area contributed by atoms with Crippen molar-refractivity contribution in [1.82, 2.24) is 25.0 Å². The predicted molar refractivity (Wildman–Crippen MR) is 72.7 cm³/mol. The van der Waals surface area contributed by atoms with Gasteiger partial charge in [-0.3, -0.25) is 4.68 Å². The number of hydrogen-bond donors (Lipinski definition) is 1. The minimum Gasteiger partial charge on any atom is -0.353 e. The Hall–Kier alpha value is -2.50. The van der Waals surface area contributed by atoms with Gasteiger partial charge in [0.25, 0.3) is 0 Å². The van der Waals surface area contributed by atoms with Gasteiger partial charge in [-0.15, -0.1) is 10.2 Å². The molecule has 19 heavy (non-hydrogen) atoms. The van der Waals surface area contributed by atoms with Gasteiger partial charge in [-0.2, -0.15) is 5.10 Å². The van der Waals surface area contributed by atoms with Gasteiger partial charge in [0.15, 0.2) is 0 Å². The molecule has 0 aliphatic carbocycles. The number of para-hydroxylation sites is 1. The van der Waals surface area contributed by atoms with Crippen LogP contribution in [-0.2, 0) is 13.5 Å². The zero-order chi connectivity index (χ0) is 13.1. The maximum absolute atomic E-state index is 4.40. The summed E-state index contributed by atoms with van der Waals surface area (Å²) in [6.45, 7) is 0.733. The van der Waals surface area contributed by atoms with Gasteiger partial charge in [-0.25, -0.2) is 4.98 Å². The van der Waals surface area contributed by atoms with Crippen LogP contribution < -0.4 is 5.32 Å². The maximum Gasteiger partial charge on any atom is 0.243 e. The van der Waals surface area contributed by atoms with Gasteiger partial charge in [0, 0.05) is 26.2 Å². The van der Waals surface area contributed by atoms with E-state index in [1.54, 1.807) is 4.68 Å². The van der Waals surface area contributed by atoms with E-state index in [0.717, 1.165) is 29.7 Å². The van der Waals surface area contributed by atoms with Crippen molar-refractivity contribution in [2.24, 2.45) is 7.05 Å². The number of aromatic nitrogens is 5. The third-order valence-corrected chi connectivity index (χ3v) is 2.79. The molecule has 96 valence electrons. The third-order valence-electron chi connectivity index (χ3n) is 2.79. The Bertz CT molecular complexity index is 690. The highest BCUT2D eigenvalue weighted by Crippen LogP contribution is 2.08. The van der Waals surface area contributed by atoms with Crippen LogP contribution in [0.25, 0.3) is 11.0 Å². The van der Waals surface area contributed by atoms with Crippen LogP contribution in [0.1, 0.15) is 5.69 Å². The van der Waals surface area contributed by atoms with E-state index in [0.29, 0.717) is 5.95 Å². The fourth-order valence-electron chi connectivity index (χ4n) is 1.85. The molecule has 0 radical (unpaired) electrons. The first-order chi connectivity index (χ1) is 9.31. The SMILES string of the molecule is Cn1ccc(CCNc2nnc3ccccc3n2)n1. The van der Waals surface area contributed by atoms with E-state index in [-0.39, 0.29) is 0 Å². The molecule has 1 N–H and O–H groups in total. The smallest absolute Gasteiger partial charge is 0.243 e. The molecule has 3 rings (SSSR count). The Kier molecular flexibility index (Phi) is 3.06. The summed E-state index contributed by atoms with van der Waals surface area (Å²) in [7, 11) is 1.91. The second-order valence-corrected chi connectivity index (χ2v) is 4.28. The summed E-state index contributed by atoms with van der Waals surface area (Å²) >= 11 is 0.